The van der Waals surface area contributed by atoms with E-state index >= 15 is 0 Å². The highest BCUT2D eigenvalue weighted by Crippen LogP contribution is 2.51. The minimum absolute atomic E-state index is 0.0231. The van der Waals surface area contributed by atoms with Gasteiger partial charge in [0.2, 0.25) is 0 Å². The summed E-state index contributed by atoms with van der Waals surface area (Å²) in [7, 11) is 3.65. The second kappa shape index (κ2) is 8.75. The fourth-order valence-electron chi connectivity index (χ4n) is 4.38. The fourth-order valence-corrected chi connectivity index (χ4v) is 6.76. The highest BCUT2D eigenvalue weighted by Gasteiger charge is 2.42. The second-order valence-electron chi connectivity index (χ2n) is 8.11. The minimum Gasteiger partial charge on any atom is -0.508 e. The summed E-state index contributed by atoms with van der Waals surface area (Å²) in [6.07, 6.45) is 5.46. The van der Waals surface area contributed by atoms with Crippen LogP contribution in [0.5, 0.6) is 11.5 Å². The zero-order valence-electron chi connectivity index (χ0n) is 18.1. The number of aliphatic imine (C=N–C) groups is 1. The topological polar surface area (TPSA) is 65.4 Å². The molecule has 5 rings (SSSR count). The lowest BCUT2D eigenvalue weighted by Gasteiger charge is -2.30. The molecule has 0 spiro atoms. The molecule has 1 saturated heterocycles. The van der Waals surface area contributed by atoms with Crippen LogP contribution < -0.4 is 9.64 Å². The molecule has 2 aliphatic heterocycles. The summed E-state index contributed by atoms with van der Waals surface area (Å²) in [4.78, 5) is 24.3. The SMILES string of the molecule is COc1ccc2c(c1)N(C)/C(=C1/SC(=Nc3cccc(O)c3)N(C3CCCCC3)C1=O)S2. The molecule has 2 fully saturated rings. The summed E-state index contributed by atoms with van der Waals surface area (Å²) in [5, 5.41) is 11.5. The Morgan fingerprint density at radius 2 is 1.91 bits per heavy atom. The summed E-state index contributed by atoms with van der Waals surface area (Å²) < 4.78 is 5.39. The average molecular weight is 468 g/mol. The van der Waals surface area contributed by atoms with Crippen molar-refractivity contribution in [2.75, 3.05) is 19.1 Å². The van der Waals surface area contributed by atoms with Crippen molar-refractivity contribution in [2.24, 2.45) is 4.99 Å². The Balaban J connectivity index is 1.55. The molecule has 0 aromatic heterocycles. The number of amides is 1. The number of phenols is 1. The molecule has 1 amide bonds. The van der Waals surface area contributed by atoms with E-state index in [0.717, 1.165) is 47.0 Å². The van der Waals surface area contributed by atoms with Crippen LogP contribution >= 0.6 is 23.5 Å². The van der Waals surface area contributed by atoms with Crippen molar-refractivity contribution < 1.29 is 14.6 Å². The van der Waals surface area contributed by atoms with Crippen LogP contribution in [0.4, 0.5) is 11.4 Å². The number of nitrogens with zero attached hydrogens (tertiary/aromatic N) is 3. The van der Waals surface area contributed by atoms with Gasteiger partial charge in [0, 0.05) is 30.1 Å². The molecule has 2 aromatic carbocycles. The Kier molecular flexibility index (Phi) is 5.82. The number of anilines is 1. The maximum atomic E-state index is 13.7. The molecule has 1 aliphatic carbocycles. The van der Waals surface area contributed by atoms with Gasteiger partial charge in [-0.15, -0.1) is 0 Å². The van der Waals surface area contributed by atoms with Gasteiger partial charge in [0.25, 0.3) is 5.91 Å². The molecule has 8 heteroatoms. The monoisotopic (exact) mass is 467 g/mol. The van der Waals surface area contributed by atoms with Crippen LogP contribution in [0.25, 0.3) is 0 Å². The lowest BCUT2D eigenvalue weighted by molar-refractivity contribution is -0.124. The van der Waals surface area contributed by atoms with Crippen LogP contribution in [-0.4, -0.2) is 41.3 Å². The predicted octanol–water partition coefficient (Wildman–Crippen LogP) is 5.71. The van der Waals surface area contributed by atoms with E-state index in [1.807, 2.05) is 36.2 Å². The highest BCUT2D eigenvalue weighted by molar-refractivity contribution is 8.19. The fraction of sp³-hybridized carbons (Fsp3) is 0.333. The molecule has 1 saturated carbocycles. The molecule has 6 nitrogen and oxygen atoms in total. The van der Waals surface area contributed by atoms with E-state index < -0.39 is 0 Å². The zero-order valence-corrected chi connectivity index (χ0v) is 19.7. The van der Waals surface area contributed by atoms with Gasteiger partial charge in [0.1, 0.15) is 16.4 Å². The highest BCUT2D eigenvalue weighted by atomic mass is 32.2. The van der Waals surface area contributed by atoms with E-state index in [2.05, 4.69) is 4.90 Å². The Morgan fingerprint density at radius 3 is 2.66 bits per heavy atom. The number of carbonyl (C=O) groups is 1. The molecule has 0 atom stereocenters. The van der Waals surface area contributed by atoms with Gasteiger partial charge in [0.15, 0.2) is 5.17 Å². The van der Waals surface area contributed by atoms with Crippen LogP contribution in [0.1, 0.15) is 32.1 Å². The number of aromatic hydroxyl groups is 1. The number of thioether (sulfide) groups is 2. The first kappa shape index (κ1) is 21.3. The summed E-state index contributed by atoms with van der Waals surface area (Å²) >= 11 is 3.04. The van der Waals surface area contributed by atoms with Gasteiger partial charge < -0.3 is 14.7 Å². The molecular weight excluding hydrogens is 442 g/mol. The number of carbonyl (C=O) groups excluding carboxylic acids is 1. The lowest BCUT2D eigenvalue weighted by atomic mass is 9.94. The number of benzene rings is 2. The zero-order chi connectivity index (χ0) is 22.2. The number of rotatable bonds is 3. The van der Waals surface area contributed by atoms with Crippen LogP contribution in [0.3, 0.4) is 0 Å². The normalized spacial score (nSPS) is 22.7. The molecule has 1 N–H and O–H groups in total. The van der Waals surface area contributed by atoms with Gasteiger partial charge in [-0.1, -0.05) is 37.1 Å². The molecule has 166 valence electrons. The maximum Gasteiger partial charge on any atom is 0.269 e. The summed E-state index contributed by atoms with van der Waals surface area (Å²) in [6, 6.07) is 13.0. The quantitative estimate of drug-likeness (QED) is 0.584. The molecule has 0 unspecified atom stereocenters. The minimum atomic E-state index is 0.0231. The molecule has 32 heavy (non-hydrogen) atoms. The van der Waals surface area contributed by atoms with Crippen molar-refractivity contribution in [3.63, 3.8) is 0 Å². The second-order valence-corrected chi connectivity index (χ2v) is 10.1. The van der Waals surface area contributed by atoms with Crippen LogP contribution in [0.15, 0.2) is 62.3 Å². The van der Waals surface area contributed by atoms with Crippen LogP contribution in [-0.2, 0) is 4.79 Å². The van der Waals surface area contributed by atoms with Gasteiger partial charge in [-0.2, -0.15) is 0 Å². The van der Waals surface area contributed by atoms with Crippen LogP contribution in [0.2, 0.25) is 0 Å². The van der Waals surface area contributed by atoms with Gasteiger partial charge in [-0.05, 0) is 48.9 Å². The summed E-state index contributed by atoms with van der Waals surface area (Å²) in [6.45, 7) is 0. The van der Waals surface area contributed by atoms with Crippen molar-refractivity contribution in [3.05, 3.63) is 52.4 Å². The standard InChI is InChI=1S/C24H25N3O3S2/c1-26-19-14-18(30-2)11-12-20(19)31-23(26)21-22(29)27(16-8-4-3-5-9-16)24(32-21)25-15-7-6-10-17(28)13-15/h6-7,10-14,16,28H,3-5,8-9H2,1-2H3/b23-21-,25-24?. The Hall–Kier alpha value is -2.58. The Bertz CT molecular complexity index is 1130. The number of fused-ring (bicyclic) bond motifs is 1. The predicted molar refractivity (Wildman–Crippen MR) is 131 cm³/mol. The third-order valence-electron chi connectivity index (χ3n) is 6.04. The van der Waals surface area contributed by atoms with Gasteiger partial charge in [0.05, 0.1) is 23.5 Å². The molecule has 0 radical (unpaired) electrons. The van der Waals surface area contributed by atoms with E-state index in [1.54, 1.807) is 37.1 Å². The Labute approximate surface area is 196 Å². The van der Waals surface area contributed by atoms with Gasteiger partial charge >= 0.3 is 0 Å². The van der Waals surface area contributed by atoms with E-state index in [4.69, 9.17) is 9.73 Å². The Morgan fingerprint density at radius 1 is 1.09 bits per heavy atom. The van der Waals surface area contributed by atoms with Crippen molar-refractivity contribution in [2.45, 2.75) is 43.0 Å². The first-order valence-corrected chi connectivity index (χ1v) is 12.4. The molecule has 2 heterocycles. The molecular formula is C24H25N3O3S2. The molecule has 0 bridgehead atoms. The van der Waals surface area contributed by atoms with Crippen molar-refractivity contribution in [1.29, 1.82) is 0 Å². The number of amidine groups is 1. The molecule has 2 aromatic rings. The number of methoxy groups -OCH3 is 1. The first-order valence-electron chi connectivity index (χ1n) is 10.8. The third kappa shape index (κ3) is 3.86. The average Bonchev–Trinajstić information content (AvgIpc) is 3.30. The van der Waals surface area contributed by atoms with E-state index in [1.165, 1.54) is 18.2 Å². The smallest absolute Gasteiger partial charge is 0.269 e. The van der Waals surface area contributed by atoms with E-state index in [9.17, 15) is 9.90 Å². The van der Waals surface area contributed by atoms with Crippen molar-refractivity contribution >= 4 is 46.0 Å². The third-order valence-corrected chi connectivity index (χ3v) is 8.45. The van der Waals surface area contributed by atoms with Gasteiger partial charge in [-0.25, -0.2) is 4.99 Å². The maximum absolute atomic E-state index is 13.7. The largest absolute Gasteiger partial charge is 0.508 e. The lowest BCUT2D eigenvalue weighted by Crippen LogP contribution is -2.40. The number of hydrogen-bond acceptors (Lipinski definition) is 7. The first-order chi connectivity index (χ1) is 15.5. The van der Waals surface area contributed by atoms with Gasteiger partial charge in [-0.3, -0.25) is 9.69 Å². The van der Waals surface area contributed by atoms with E-state index in [0.29, 0.717) is 15.8 Å². The molecule has 3 aliphatic rings. The number of phenolic OH excluding ortho intramolecular Hbond substituents is 1. The van der Waals surface area contributed by atoms with Crippen LogP contribution in [0, 0.1) is 0 Å². The number of hydrogen-bond donors (Lipinski definition) is 1. The van der Waals surface area contributed by atoms with Crippen molar-refractivity contribution in [1.82, 2.24) is 4.90 Å². The van der Waals surface area contributed by atoms with E-state index in [-0.39, 0.29) is 17.7 Å². The number of ether oxygens (including phenoxy) is 1. The van der Waals surface area contributed by atoms with Crippen molar-refractivity contribution in [3.8, 4) is 11.5 Å². The summed E-state index contributed by atoms with van der Waals surface area (Å²) in [5.41, 5.74) is 1.68. The summed E-state index contributed by atoms with van der Waals surface area (Å²) in [5.74, 6) is 0.984.